The fourth-order valence-corrected chi connectivity index (χ4v) is 3.18. The first kappa shape index (κ1) is 16.1. The number of aldehydes is 1. The number of carbonyl (C=O) groups excluding carboxylic acids is 1. The van der Waals surface area contributed by atoms with E-state index in [0.717, 1.165) is 28.5 Å². The average Bonchev–Trinajstić information content (AvgIpc) is 2.58. The second kappa shape index (κ2) is 6.79. The van der Waals surface area contributed by atoms with Gasteiger partial charge in [-0.15, -0.1) is 12.6 Å². The molecule has 0 N–H and O–H groups in total. The van der Waals surface area contributed by atoms with Crippen LogP contribution in [0.4, 0.5) is 0 Å². The van der Waals surface area contributed by atoms with Crippen molar-refractivity contribution in [3.8, 4) is 22.3 Å². The molecule has 0 aliphatic heterocycles. The molecule has 0 aromatic heterocycles. The van der Waals surface area contributed by atoms with Gasteiger partial charge in [-0.3, -0.25) is 4.79 Å². The molecule has 3 rings (SSSR count). The first-order chi connectivity index (χ1) is 11.1. The summed E-state index contributed by atoms with van der Waals surface area (Å²) in [4.78, 5) is 11.9. The van der Waals surface area contributed by atoms with Gasteiger partial charge in [-0.1, -0.05) is 65.7 Å². The highest BCUT2D eigenvalue weighted by Crippen LogP contribution is 2.39. The zero-order chi connectivity index (χ0) is 16.4. The van der Waals surface area contributed by atoms with Gasteiger partial charge in [-0.25, -0.2) is 0 Å². The Labute approximate surface area is 150 Å². The summed E-state index contributed by atoms with van der Waals surface area (Å²) in [5.41, 5.74) is 4.31. The maximum Gasteiger partial charge on any atom is 0.151 e. The quantitative estimate of drug-likeness (QED) is 0.421. The van der Waals surface area contributed by atoms with Gasteiger partial charge in [0.05, 0.1) is 10.0 Å². The summed E-state index contributed by atoms with van der Waals surface area (Å²) < 4.78 is 0. The van der Waals surface area contributed by atoms with Crippen LogP contribution in [-0.4, -0.2) is 6.29 Å². The largest absolute Gasteiger partial charge is 0.298 e. The molecule has 3 aromatic rings. The number of rotatable bonds is 3. The lowest BCUT2D eigenvalue weighted by molar-refractivity contribution is 0.112. The molecule has 0 radical (unpaired) electrons. The summed E-state index contributed by atoms with van der Waals surface area (Å²) in [5, 5.41) is 0.996. The minimum absolute atomic E-state index is 0.489. The van der Waals surface area contributed by atoms with Crippen molar-refractivity contribution in [1.82, 2.24) is 0 Å². The predicted molar refractivity (Wildman–Crippen MR) is 100.0 cm³/mol. The molecule has 0 bridgehead atoms. The molecule has 0 aliphatic rings. The van der Waals surface area contributed by atoms with Crippen LogP contribution in [0.1, 0.15) is 10.4 Å². The molecule has 0 heterocycles. The lowest BCUT2D eigenvalue weighted by Crippen LogP contribution is -1.92. The number of hydrogen-bond acceptors (Lipinski definition) is 2. The van der Waals surface area contributed by atoms with Gasteiger partial charge in [-0.05, 0) is 34.9 Å². The number of hydrogen-bond donors (Lipinski definition) is 1. The topological polar surface area (TPSA) is 17.1 Å². The van der Waals surface area contributed by atoms with Crippen molar-refractivity contribution in [2.45, 2.75) is 4.90 Å². The highest BCUT2D eigenvalue weighted by molar-refractivity contribution is 7.80. The molecule has 0 fully saturated rings. The summed E-state index contributed by atoms with van der Waals surface area (Å²) in [6.45, 7) is 0. The zero-order valence-corrected chi connectivity index (χ0v) is 14.4. The molecule has 0 saturated heterocycles. The smallest absolute Gasteiger partial charge is 0.151 e. The Morgan fingerprint density at radius 3 is 2.22 bits per heavy atom. The van der Waals surface area contributed by atoms with E-state index < -0.39 is 0 Å². The van der Waals surface area contributed by atoms with Crippen molar-refractivity contribution in [3.05, 3.63) is 76.3 Å². The van der Waals surface area contributed by atoms with Gasteiger partial charge in [0, 0.05) is 16.0 Å². The van der Waals surface area contributed by atoms with Crippen LogP contribution in [0.15, 0.2) is 65.6 Å². The van der Waals surface area contributed by atoms with E-state index in [1.54, 1.807) is 12.1 Å². The van der Waals surface area contributed by atoms with Crippen LogP contribution >= 0.6 is 35.8 Å². The Morgan fingerprint density at radius 1 is 0.826 bits per heavy atom. The molecule has 1 nitrogen and oxygen atoms in total. The van der Waals surface area contributed by atoms with E-state index in [2.05, 4.69) is 12.6 Å². The molecule has 0 unspecified atom stereocenters. The third-order valence-corrected chi connectivity index (χ3v) is 4.85. The monoisotopic (exact) mass is 358 g/mol. The Morgan fingerprint density at radius 2 is 1.57 bits per heavy atom. The highest BCUT2D eigenvalue weighted by Gasteiger charge is 2.14. The molecular weight excluding hydrogens is 347 g/mol. The summed E-state index contributed by atoms with van der Waals surface area (Å²) in [6, 6.07) is 19.0. The fraction of sp³-hybridized carbons (Fsp3) is 0. The number of halogens is 2. The Hall–Kier alpha value is -1.74. The Balaban J connectivity index is 2.30. The molecule has 114 valence electrons. The molecule has 0 saturated carbocycles. The SMILES string of the molecule is O=Cc1ccc(-c2ccc(Cl)c(Cl)c2)c(-c2ccccc2)c1S. The molecule has 0 amide bonds. The predicted octanol–water partition coefficient (Wildman–Crippen LogP) is 6.43. The van der Waals surface area contributed by atoms with Gasteiger partial charge in [0.15, 0.2) is 6.29 Å². The molecule has 0 spiro atoms. The Kier molecular flexibility index (Phi) is 4.76. The minimum atomic E-state index is 0.489. The standard InChI is InChI=1S/C19H12Cl2OS/c20-16-9-7-13(10-17(16)21)15-8-6-14(11-22)19(23)18(15)12-4-2-1-3-5-12/h1-11,23H. The van der Waals surface area contributed by atoms with E-state index in [-0.39, 0.29) is 0 Å². The summed E-state index contributed by atoms with van der Waals surface area (Å²) in [5.74, 6) is 0. The van der Waals surface area contributed by atoms with Crippen LogP contribution < -0.4 is 0 Å². The van der Waals surface area contributed by atoms with Crippen molar-refractivity contribution >= 4 is 42.1 Å². The average molecular weight is 359 g/mol. The maximum atomic E-state index is 11.3. The molecule has 0 atom stereocenters. The van der Waals surface area contributed by atoms with E-state index in [4.69, 9.17) is 23.2 Å². The van der Waals surface area contributed by atoms with Gasteiger partial charge in [-0.2, -0.15) is 0 Å². The maximum absolute atomic E-state index is 11.3. The number of benzene rings is 3. The van der Waals surface area contributed by atoms with Crippen molar-refractivity contribution in [2.75, 3.05) is 0 Å². The second-order valence-corrected chi connectivity index (χ2v) is 6.30. The molecule has 0 aliphatic carbocycles. The summed E-state index contributed by atoms with van der Waals surface area (Å²) in [6.07, 6.45) is 0.813. The van der Waals surface area contributed by atoms with Gasteiger partial charge >= 0.3 is 0 Å². The normalized spacial score (nSPS) is 10.6. The van der Waals surface area contributed by atoms with Crippen LogP contribution in [0.2, 0.25) is 10.0 Å². The zero-order valence-electron chi connectivity index (χ0n) is 12.0. The van der Waals surface area contributed by atoms with E-state index >= 15 is 0 Å². The molecule has 23 heavy (non-hydrogen) atoms. The molecule has 4 heteroatoms. The van der Waals surface area contributed by atoms with Crippen molar-refractivity contribution in [1.29, 1.82) is 0 Å². The van der Waals surface area contributed by atoms with Crippen LogP contribution in [-0.2, 0) is 0 Å². The number of carbonyl (C=O) groups is 1. The van der Waals surface area contributed by atoms with E-state index in [1.807, 2.05) is 48.5 Å². The first-order valence-corrected chi connectivity index (χ1v) is 8.14. The lowest BCUT2D eigenvalue weighted by atomic mass is 9.93. The van der Waals surface area contributed by atoms with Gasteiger partial charge < -0.3 is 0 Å². The third kappa shape index (κ3) is 3.16. The second-order valence-electron chi connectivity index (χ2n) is 5.04. The van der Waals surface area contributed by atoms with Crippen molar-refractivity contribution in [2.24, 2.45) is 0 Å². The third-order valence-electron chi connectivity index (χ3n) is 3.63. The van der Waals surface area contributed by atoms with Gasteiger partial charge in [0.2, 0.25) is 0 Å². The minimum Gasteiger partial charge on any atom is -0.298 e. The number of thiol groups is 1. The van der Waals surface area contributed by atoms with Crippen molar-refractivity contribution < 1.29 is 4.79 Å². The van der Waals surface area contributed by atoms with Crippen molar-refractivity contribution in [3.63, 3.8) is 0 Å². The Bertz CT molecular complexity index is 876. The first-order valence-electron chi connectivity index (χ1n) is 6.94. The van der Waals surface area contributed by atoms with Crippen LogP contribution in [0.3, 0.4) is 0 Å². The lowest BCUT2D eigenvalue weighted by Gasteiger charge is -2.15. The molecular formula is C19H12Cl2OS. The van der Waals surface area contributed by atoms with Crippen LogP contribution in [0.5, 0.6) is 0 Å². The van der Waals surface area contributed by atoms with E-state index in [9.17, 15) is 4.79 Å². The van der Waals surface area contributed by atoms with Crippen LogP contribution in [0, 0.1) is 0 Å². The highest BCUT2D eigenvalue weighted by atomic mass is 35.5. The van der Waals surface area contributed by atoms with E-state index in [1.165, 1.54) is 0 Å². The summed E-state index contributed by atoms with van der Waals surface area (Å²) in [7, 11) is 0. The van der Waals surface area contributed by atoms with Crippen LogP contribution in [0.25, 0.3) is 22.3 Å². The van der Waals surface area contributed by atoms with E-state index in [0.29, 0.717) is 20.5 Å². The van der Waals surface area contributed by atoms with Gasteiger partial charge in [0.1, 0.15) is 0 Å². The van der Waals surface area contributed by atoms with Gasteiger partial charge in [0.25, 0.3) is 0 Å². The molecule has 3 aromatic carbocycles. The fourth-order valence-electron chi connectivity index (χ4n) is 2.50. The summed E-state index contributed by atoms with van der Waals surface area (Å²) >= 11 is 16.7.